The van der Waals surface area contributed by atoms with Crippen LogP contribution in [0.3, 0.4) is 0 Å². The zero-order chi connectivity index (χ0) is 14.5. The Kier molecular flexibility index (Phi) is 5.01. The van der Waals surface area contributed by atoms with Crippen molar-refractivity contribution in [3.8, 4) is 0 Å². The van der Waals surface area contributed by atoms with Gasteiger partial charge in [0.2, 0.25) is 0 Å². The molecule has 20 heavy (non-hydrogen) atoms. The van der Waals surface area contributed by atoms with Gasteiger partial charge in [-0.2, -0.15) is 0 Å². The van der Waals surface area contributed by atoms with Gasteiger partial charge >= 0.3 is 0 Å². The van der Waals surface area contributed by atoms with Gasteiger partial charge in [-0.25, -0.2) is 0 Å². The van der Waals surface area contributed by atoms with Gasteiger partial charge in [-0.1, -0.05) is 0 Å². The van der Waals surface area contributed by atoms with Crippen molar-refractivity contribution in [1.29, 1.82) is 0 Å². The molecule has 1 unspecified atom stereocenters. The Morgan fingerprint density at radius 2 is 2.25 bits per heavy atom. The first-order chi connectivity index (χ1) is 9.61. The summed E-state index contributed by atoms with van der Waals surface area (Å²) >= 11 is 0. The van der Waals surface area contributed by atoms with Crippen LogP contribution in [0, 0.1) is 6.92 Å². The third kappa shape index (κ3) is 3.51. The molecule has 1 aliphatic heterocycles. The van der Waals surface area contributed by atoms with Gasteiger partial charge in [0.05, 0.1) is 6.10 Å². The first kappa shape index (κ1) is 14.9. The summed E-state index contributed by atoms with van der Waals surface area (Å²) in [5.41, 5.74) is 2.88. The number of aryl methyl sites for hydroxylation is 1. The molecule has 0 saturated carbocycles. The second-order valence-corrected chi connectivity index (χ2v) is 5.45. The van der Waals surface area contributed by atoms with E-state index in [2.05, 4.69) is 5.32 Å². The summed E-state index contributed by atoms with van der Waals surface area (Å²) in [6.07, 6.45) is 3.58. The second-order valence-electron chi connectivity index (χ2n) is 5.45. The zero-order valence-corrected chi connectivity index (χ0v) is 12.6. The third-order valence-corrected chi connectivity index (χ3v) is 3.84. The topological polar surface area (TPSA) is 41.6 Å². The first-order valence-corrected chi connectivity index (χ1v) is 7.27. The van der Waals surface area contributed by atoms with E-state index in [1.807, 2.05) is 39.2 Å². The normalized spacial score (nSPS) is 18.6. The van der Waals surface area contributed by atoms with Crippen LogP contribution in [0.2, 0.25) is 0 Å². The molecule has 1 amide bonds. The zero-order valence-electron chi connectivity index (χ0n) is 12.6. The Morgan fingerprint density at radius 1 is 1.45 bits per heavy atom. The number of carbonyl (C=O) groups is 1. The van der Waals surface area contributed by atoms with E-state index in [1.165, 1.54) is 6.42 Å². The number of amides is 1. The molecule has 1 aromatic carbocycles. The molecule has 0 spiro atoms. The lowest BCUT2D eigenvalue weighted by molar-refractivity contribution is -0.000187. The number of likely N-dealkylation sites (N-methyl/N-ethyl adjacent to an activating group) is 1. The molecular formula is C16H24N2O2. The van der Waals surface area contributed by atoms with Gasteiger partial charge in [0.15, 0.2) is 0 Å². The minimum Gasteiger partial charge on any atom is -0.388 e. The Morgan fingerprint density at radius 3 is 2.85 bits per heavy atom. The smallest absolute Gasteiger partial charge is 0.253 e. The summed E-state index contributed by atoms with van der Waals surface area (Å²) in [5, 5.41) is 3.11. The maximum Gasteiger partial charge on any atom is 0.253 e. The molecular weight excluding hydrogens is 252 g/mol. The number of rotatable bonds is 4. The van der Waals surface area contributed by atoms with Crippen LogP contribution in [0.1, 0.15) is 35.2 Å². The Hall–Kier alpha value is -1.55. The highest BCUT2D eigenvalue weighted by Crippen LogP contribution is 2.18. The van der Waals surface area contributed by atoms with E-state index in [0.29, 0.717) is 6.54 Å². The van der Waals surface area contributed by atoms with Crippen molar-refractivity contribution in [1.82, 2.24) is 4.90 Å². The molecule has 1 N–H and O–H groups in total. The minimum absolute atomic E-state index is 0.0601. The number of benzene rings is 1. The maximum absolute atomic E-state index is 12.4. The number of hydrogen-bond acceptors (Lipinski definition) is 3. The molecule has 0 aliphatic carbocycles. The molecule has 1 fully saturated rings. The van der Waals surface area contributed by atoms with Gasteiger partial charge in [0.1, 0.15) is 0 Å². The molecule has 1 atom stereocenters. The molecule has 1 saturated heterocycles. The molecule has 2 rings (SSSR count). The fraction of sp³-hybridized carbons (Fsp3) is 0.562. The number of ether oxygens (including phenoxy) is 1. The lowest BCUT2D eigenvalue weighted by atomic mass is 10.1. The van der Waals surface area contributed by atoms with E-state index in [0.717, 1.165) is 36.3 Å². The minimum atomic E-state index is 0.0601. The van der Waals surface area contributed by atoms with E-state index < -0.39 is 0 Å². The summed E-state index contributed by atoms with van der Waals surface area (Å²) in [6, 6.07) is 5.76. The first-order valence-electron chi connectivity index (χ1n) is 7.27. The van der Waals surface area contributed by atoms with Crippen molar-refractivity contribution in [3.63, 3.8) is 0 Å². The van der Waals surface area contributed by atoms with Crippen molar-refractivity contribution in [2.24, 2.45) is 0 Å². The van der Waals surface area contributed by atoms with Crippen molar-refractivity contribution in [2.45, 2.75) is 32.3 Å². The monoisotopic (exact) mass is 276 g/mol. The Balaban J connectivity index is 2.00. The van der Waals surface area contributed by atoms with Gasteiger partial charge in [0.25, 0.3) is 5.91 Å². The summed E-state index contributed by atoms with van der Waals surface area (Å²) < 4.78 is 5.69. The van der Waals surface area contributed by atoms with Crippen LogP contribution in [0.25, 0.3) is 0 Å². The SMILES string of the molecule is CNc1ccc(C(=O)N(C)CC2CCCCO2)cc1C. The second kappa shape index (κ2) is 6.75. The van der Waals surface area contributed by atoms with E-state index in [1.54, 1.807) is 4.90 Å². The molecule has 1 aliphatic rings. The van der Waals surface area contributed by atoms with E-state index in [-0.39, 0.29) is 12.0 Å². The highest BCUT2D eigenvalue weighted by atomic mass is 16.5. The molecule has 0 aromatic heterocycles. The van der Waals surface area contributed by atoms with Gasteiger partial charge < -0.3 is 15.0 Å². The van der Waals surface area contributed by atoms with E-state index >= 15 is 0 Å². The van der Waals surface area contributed by atoms with Crippen LogP contribution in [0.4, 0.5) is 5.69 Å². The number of carbonyl (C=O) groups excluding carboxylic acids is 1. The fourth-order valence-corrected chi connectivity index (χ4v) is 2.64. The van der Waals surface area contributed by atoms with Crippen LogP contribution in [0.15, 0.2) is 18.2 Å². The molecule has 1 aromatic rings. The average molecular weight is 276 g/mol. The highest BCUT2D eigenvalue weighted by Gasteiger charge is 2.19. The van der Waals surface area contributed by atoms with Gasteiger partial charge in [-0.3, -0.25) is 4.79 Å². The predicted molar refractivity (Wildman–Crippen MR) is 81.3 cm³/mol. The lowest BCUT2D eigenvalue weighted by Crippen LogP contribution is -2.37. The number of nitrogens with one attached hydrogen (secondary N) is 1. The Labute approximate surface area is 121 Å². The van der Waals surface area contributed by atoms with Crippen molar-refractivity contribution >= 4 is 11.6 Å². The third-order valence-electron chi connectivity index (χ3n) is 3.84. The summed E-state index contributed by atoms with van der Waals surface area (Å²) in [5.74, 6) is 0.0601. The fourth-order valence-electron chi connectivity index (χ4n) is 2.64. The van der Waals surface area contributed by atoms with Crippen molar-refractivity contribution in [2.75, 3.05) is 32.6 Å². The van der Waals surface area contributed by atoms with E-state index in [4.69, 9.17) is 4.74 Å². The largest absolute Gasteiger partial charge is 0.388 e. The van der Waals surface area contributed by atoms with Gasteiger partial charge in [-0.05, 0) is 49.9 Å². The predicted octanol–water partition coefficient (Wildman–Crippen LogP) is 2.68. The standard InChI is InChI=1S/C16H24N2O2/c1-12-10-13(7-8-15(12)17-2)16(19)18(3)11-14-6-4-5-9-20-14/h7-8,10,14,17H,4-6,9,11H2,1-3H3. The summed E-state index contributed by atoms with van der Waals surface area (Å²) in [6.45, 7) is 3.50. The van der Waals surface area contributed by atoms with Crippen molar-refractivity contribution in [3.05, 3.63) is 29.3 Å². The highest BCUT2D eigenvalue weighted by molar-refractivity contribution is 5.94. The number of nitrogens with zero attached hydrogens (tertiary/aromatic N) is 1. The van der Waals surface area contributed by atoms with E-state index in [9.17, 15) is 4.79 Å². The lowest BCUT2D eigenvalue weighted by Gasteiger charge is -2.27. The average Bonchev–Trinajstić information content (AvgIpc) is 2.47. The number of anilines is 1. The molecule has 110 valence electrons. The van der Waals surface area contributed by atoms with Crippen LogP contribution >= 0.6 is 0 Å². The quantitative estimate of drug-likeness (QED) is 0.919. The molecule has 4 heteroatoms. The van der Waals surface area contributed by atoms with Crippen LogP contribution < -0.4 is 5.32 Å². The van der Waals surface area contributed by atoms with Crippen LogP contribution in [-0.4, -0.2) is 44.2 Å². The molecule has 1 heterocycles. The molecule has 4 nitrogen and oxygen atoms in total. The van der Waals surface area contributed by atoms with Crippen molar-refractivity contribution < 1.29 is 9.53 Å². The van der Waals surface area contributed by atoms with Crippen LogP contribution in [-0.2, 0) is 4.74 Å². The summed E-state index contributed by atoms with van der Waals surface area (Å²) in [4.78, 5) is 14.2. The molecule has 0 bridgehead atoms. The summed E-state index contributed by atoms with van der Waals surface area (Å²) in [7, 11) is 3.73. The van der Waals surface area contributed by atoms with Gasteiger partial charge in [-0.15, -0.1) is 0 Å². The Bertz CT molecular complexity index is 468. The van der Waals surface area contributed by atoms with Gasteiger partial charge in [0, 0.05) is 38.5 Å². The number of hydrogen-bond donors (Lipinski definition) is 1. The van der Waals surface area contributed by atoms with Crippen LogP contribution in [0.5, 0.6) is 0 Å². The molecule has 0 radical (unpaired) electrons. The maximum atomic E-state index is 12.4.